The molecule has 0 atom stereocenters. The second kappa shape index (κ2) is 14.9. The van der Waals surface area contributed by atoms with Gasteiger partial charge in [-0.15, -0.1) is 0 Å². The number of aliphatic hydroxyl groups is 2. The van der Waals surface area contributed by atoms with Crippen LogP contribution in [-0.4, -0.2) is 72.2 Å². The van der Waals surface area contributed by atoms with Crippen LogP contribution in [-0.2, 0) is 9.59 Å². The number of para-hydroxylation sites is 2. The molecule has 2 N–H and O–H groups in total. The Morgan fingerprint density at radius 1 is 0.540 bits per heavy atom. The predicted octanol–water partition coefficient (Wildman–Crippen LogP) is 7.64. The molecule has 0 saturated carbocycles. The van der Waals surface area contributed by atoms with Crippen LogP contribution < -0.4 is 9.80 Å². The van der Waals surface area contributed by atoms with Crippen LogP contribution in [0.4, 0.5) is 72.8 Å². The van der Waals surface area contributed by atoms with Gasteiger partial charge in [-0.2, -0.15) is 72.0 Å². The number of allylic oxidation sites excluding steroid dienone is 2. The normalized spacial score (nSPS) is 13.7. The van der Waals surface area contributed by atoms with E-state index < -0.39 is 70.5 Å². The van der Waals surface area contributed by atoms with Gasteiger partial charge in [0.05, 0.1) is 0 Å². The Morgan fingerprint density at radius 3 is 0.980 bits per heavy atom. The number of halogens is 14. The van der Waals surface area contributed by atoms with Gasteiger partial charge in [-0.1, -0.05) is 36.4 Å². The number of amides is 2. The number of nitrogens with zero attached hydrogens (tertiary/aromatic N) is 4. The lowest BCUT2D eigenvalue weighted by atomic mass is 10.0. The summed E-state index contributed by atoms with van der Waals surface area (Å²) in [6.45, 7) is 0. The minimum absolute atomic E-state index is 0.0129. The zero-order chi connectivity index (χ0) is 39.3. The molecule has 0 radical (unpaired) electrons. The van der Waals surface area contributed by atoms with Crippen molar-refractivity contribution in [2.75, 3.05) is 23.9 Å². The molecule has 50 heavy (non-hydrogen) atoms. The number of alkyl halides is 14. The number of aliphatic hydroxyl groups excluding tert-OH is 2. The minimum Gasteiger partial charge on any atom is -0.505 e. The fourth-order valence-corrected chi connectivity index (χ4v) is 3.24. The van der Waals surface area contributed by atoms with Crippen molar-refractivity contribution >= 4 is 23.2 Å². The Kier molecular flexibility index (Phi) is 12.7. The second-order valence-electron chi connectivity index (χ2n) is 9.36. The van der Waals surface area contributed by atoms with Crippen LogP contribution in [0.5, 0.6) is 0 Å². The lowest BCUT2D eigenvalue weighted by molar-refractivity contribution is -0.349. The van der Waals surface area contributed by atoms with Gasteiger partial charge >= 0.3 is 36.0 Å². The SMILES string of the molecule is CN(C(=O)/C(C#N)=C(\O)C(F)(F)C(F)(F)C(F)(F)F)c1ccccc1.CN(C(=O)/C(C#N)=C(\O)C(F)(F)C(F)(F)C(F)(F)F)c1ccccc1. The van der Waals surface area contributed by atoms with Crippen molar-refractivity contribution in [3.8, 4) is 12.1 Å². The van der Waals surface area contributed by atoms with Crippen molar-refractivity contribution < 1.29 is 81.3 Å². The predicted molar refractivity (Wildman–Crippen MR) is 142 cm³/mol. The highest BCUT2D eigenvalue weighted by Crippen LogP contribution is 2.51. The third-order valence-electron chi connectivity index (χ3n) is 6.12. The first-order valence-electron chi connectivity index (χ1n) is 12.6. The van der Waals surface area contributed by atoms with E-state index in [0.717, 1.165) is 26.2 Å². The Balaban J connectivity index is 0.000000500. The first-order chi connectivity index (χ1) is 22.6. The van der Waals surface area contributed by atoms with E-state index in [9.17, 15) is 81.3 Å². The van der Waals surface area contributed by atoms with E-state index in [1.807, 2.05) is 0 Å². The number of nitriles is 2. The summed E-state index contributed by atoms with van der Waals surface area (Å²) < 4.78 is 178. The van der Waals surface area contributed by atoms with Gasteiger partial charge in [0.2, 0.25) is 0 Å². The number of likely N-dealkylation sites (N-methyl/N-ethyl adjacent to an activating group) is 2. The van der Waals surface area contributed by atoms with Crippen molar-refractivity contribution in [1.29, 1.82) is 10.5 Å². The van der Waals surface area contributed by atoms with Gasteiger partial charge in [-0.05, 0) is 24.3 Å². The van der Waals surface area contributed by atoms with E-state index in [1.54, 1.807) is 0 Å². The van der Waals surface area contributed by atoms with E-state index in [1.165, 1.54) is 60.7 Å². The lowest BCUT2D eigenvalue weighted by Gasteiger charge is -2.28. The molecule has 2 rings (SSSR count). The fourth-order valence-electron chi connectivity index (χ4n) is 3.24. The second-order valence-corrected chi connectivity index (χ2v) is 9.36. The van der Waals surface area contributed by atoms with Crippen molar-refractivity contribution in [2.45, 2.75) is 36.0 Å². The number of carbonyl (C=O) groups is 2. The summed E-state index contributed by atoms with van der Waals surface area (Å²) in [6, 6.07) is 15.2. The summed E-state index contributed by atoms with van der Waals surface area (Å²) in [7, 11) is 1.89. The highest BCUT2D eigenvalue weighted by atomic mass is 19.4. The summed E-state index contributed by atoms with van der Waals surface area (Å²) in [4.78, 5) is 25.0. The third-order valence-corrected chi connectivity index (χ3v) is 6.12. The van der Waals surface area contributed by atoms with Crippen LogP contribution in [0.1, 0.15) is 0 Å². The molecular weight excluding hydrogens is 722 g/mol. The molecule has 0 heterocycles. The molecule has 0 fully saturated rings. The van der Waals surface area contributed by atoms with E-state index in [2.05, 4.69) is 0 Å². The number of benzene rings is 2. The molecule has 0 aromatic heterocycles. The van der Waals surface area contributed by atoms with E-state index in [0.29, 0.717) is 9.80 Å². The van der Waals surface area contributed by atoms with E-state index in [4.69, 9.17) is 10.5 Å². The fraction of sp³-hybridized carbons (Fsp3) is 0.286. The van der Waals surface area contributed by atoms with Crippen LogP contribution in [0.25, 0.3) is 0 Å². The molecule has 272 valence electrons. The number of hydrogen-bond acceptors (Lipinski definition) is 6. The van der Waals surface area contributed by atoms with Crippen molar-refractivity contribution in [3.63, 3.8) is 0 Å². The largest absolute Gasteiger partial charge is 0.505 e. The first kappa shape index (κ1) is 42.5. The summed E-state index contributed by atoms with van der Waals surface area (Å²) in [6.07, 6.45) is -13.4. The molecule has 0 bridgehead atoms. The average molecular weight is 740 g/mol. The molecule has 2 aromatic carbocycles. The maximum Gasteiger partial charge on any atom is 0.460 e. The van der Waals surface area contributed by atoms with Gasteiger partial charge in [-0.3, -0.25) is 9.59 Å². The standard InChI is InChI=1S/2C14H9F7N2O2/c2*1-23(8-5-3-2-4-6-8)11(25)9(7-22)10(24)12(15,16)13(17,18)14(19,20)21/h2*2-6,24H,1H3/b2*10-9-. The van der Waals surface area contributed by atoms with Crippen LogP contribution in [0.15, 0.2) is 83.3 Å². The highest BCUT2D eigenvalue weighted by Gasteiger charge is 2.76. The van der Waals surface area contributed by atoms with Crippen LogP contribution in [0.3, 0.4) is 0 Å². The molecular formula is C28H18F14N4O4. The van der Waals surface area contributed by atoms with Crippen LogP contribution >= 0.6 is 0 Å². The third kappa shape index (κ3) is 8.18. The number of hydrogen-bond donors (Lipinski definition) is 2. The minimum atomic E-state index is -6.72. The average Bonchev–Trinajstić information content (AvgIpc) is 3.04. The van der Waals surface area contributed by atoms with Gasteiger partial charge in [0.25, 0.3) is 11.8 Å². The molecule has 8 nitrogen and oxygen atoms in total. The van der Waals surface area contributed by atoms with E-state index >= 15 is 0 Å². The molecule has 0 aliphatic carbocycles. The molecule has 0 unspecified atom stereocenters. The van der Waals surface area contributed by atoms with Crippen molar-refractivity contribution in [2.24, 2.45) is 0 Å². The number of anilines is 2. The molecule has 0 saturated heterocycles. The van der Waals surface area contributed by atoms with E-state index in [-0.39, 0.29) is 11.4 Å². The smallest absolute Gasteiger partial charge is 0.460 e. The monoisotopic (exact) mass is 740 g/mol. The zero-order valence-electron chi connectivity index (χ0n) is 24.6. The summed E-state index contributed by atoms with van der Waals surface area (Å²) in [5.74, 6) is -35.1. The lowest BCUT2D eigenvalue weighted by Crippen LogP contribution is -2.53. The van der Waals surface area contributed by atoms with Crippen molar-refractivity contribution in [3.05, 3.63) is 83.3 Å². The summed E-state index contributed by atoms with van der Waals surface area (Å²) >= 11 is 0. The Labute approximate surface area is 270 Å². The van der Waals surface area contributed by atoms with Gasteiger partial charge in [0.1, 0.15) is 12.1 Å². The maximum atomic E-state index is 13.5. The topological polar surface area (TPSA) is 129 Å². The molecule has 0 aliphatic heterocycles. The van der Waals surface area contributed by atoms with Crippen LogP contribution in [0, 0.1) is 22.7 Å². The van der Waals surface area contributed by atoms with Gasteiger partial charge in [-0.25, -0.2) is 0 Å². The van der Waals surface area contributed by atoms with Crippen LogP contribution in [0.2, 0.25) is 0 Å². The molecule has 0 aliphatic rings. The number of carbonyl (C=O) groups excluding carboxylic acids is 2. The van der Waals surface area contributed by atoms with Gasteiger partial charge in [0.15, 0.2) is 22.7 Å². The Hall–Kier alpha value is -5.54. The zero-order valence-corrected chi connectivity index (χ0v) is 24.6. The molecule has 0 spiro atoms. The highest BCUT2D eigenvalue weighted by molar-refractivity contribution is 6.09. The molecule has 22 heteroatoms. The van der Waals surface area contributed by atoms with Gasteiger partial charge < -0.3 is 20.0 Å². The Morgan fingerprint density at radius 2 is 0.780 bits per heavy atom. The summed E-state index contributed by atoms with van der Waals surface area (Å²) in [5.41, 5.74) is -3.86. The number of rotatable bonds is 8. The van der Waals surface area contributed by atoms with Gasteiger partial charge in [0, 0.05) is 25.5 Å². The quantitative estimate of drug-likeness (QED) is 0.124. The maximum absolute atomic E-state index is 13.5. The molecule has 2 aromatic rings. The first-order valence-corrected chi connectivity index (χ1v) is 12.6. The summed E-state index contributed by atoms with van der Waals surface area (Å²) in [5, 5.41) is 35.8. The molecule has 2 amide bonds. The Bertz CT molecular complexity index is 1570. The van der Waals surface area contributed by atoms with Crippen molar-refractivity contribution in [1.82, 2.24) is 0 Å².